The second-order valence-corrected chi connectivity index (χ2v) is 20.5. The quantitative estimate of drug-likeness (QED) is 0.160. The van der Waals surface area contributed by atoms with Crippen molar-refractivity contribution < 1.29 is 0 Å². The third kappa shape index (κ3) is 5.88. The van der Waals surface area contributed by atoms with Crippen molar-refractivity contribution in [2.45, 2.75) is 83.6 Å². The van der Waals surface area contributed by atoms with E-state index in [1.165, 1.54) is 114 Å². The average molecular weight is 842 g/mol. The molecule has 0 bridgehead atoms. The second-order valence-electron chi connectivity index (χ2n) is 20.5. The molecule has 4 aliphatic rings. The molecule has 3 aliphatic heterocycles. The Hall–Kier alpha value is -6.78. The van der Waals surface area contributed by atoms with Crippen LogP contribution in [0.5, 0.6) is 0 Å². The topological polar surface area (TPSA) is 9.72 Å². The van der Waals surface area contributed by atoms with Crippen LogP contribution >= 0.6 is 0 Å². The average Bonchev–Trinajstić information content (AvgIpc) is 3.54. The third-order valence-corrected chi connectivity index (χ3v) is 15.9. The van der Waals surface area contributed by atoms with E-state index in [-0.39, 0.29) is 23.1 Å². The van der Waals surface area contributed by atoms with E-state index in [9.17, 15) is 0 Å². The van der Waals surface area contributed by atoms with Crippen LogP contribution < -0.4 is 31.1 Å². The van der Waals surface area contributed by atoms with Crippen LogP contribution in [-0.2, 0) is 10.8 Å². The van der Waals surface area contributed by atoms with Gasteiger partial charge >= 0.3 is 0 Å². The monoisotopic (exact) mass is 841 g/mol. The molecule has 0 spiro atoms. The molecule has 3 heterocycles. The van der Waals surface area contributed by atoms with Crippen LogP contribution in [0.2, 0.25) is 0 Å². The van der Waals surface area contributed by atoms with Crippen molar-refractivity contribution in [1.29, 1.82) is 0 Å². The fraction of sp³-hybridized carbons (Fsp3) is 0.213. The summed E-state index contributed by atoms with van der Waals surface area (Å²) in [5.74, 6) is 0. The molecule has 0 saturated heterocycles. The first-order chi connectivity index (χ1) is 31.5. The first kappa shape index (κ1) is 39.8. The highest BCUT2D eigenvalue weighted by molar-refractivity contribution is 7.00. The van der Waals surface area contributed by atoms with Gasteiger partial charge < -0.3 is 14.7 Å². The predicted molar refractivity (Wildman–Crippen MR) is 278 cm³/mol. The summed E-state index contributed by atoms with van der Waals surface area (Å²) in [5.41, 5.74) is 22.9. The third-order valence-electron chi connectivity index (χ3n) is 15.9. The first-order valence-corrected chi connectivity index (χ1v) is 23.8. The van der Waals surface area contributed by atoms with Crippen molar-refractivity contribution in [3.63, 3.8) is 0 Å². The van der Waals surface area contributed by atoms with Gasteiger partial charge in [-0.25, -0.2) is 0 Å². The van der Waals surface area contributed by atoms with Gasteiger partial charge in [0.25, 0.3) is 6.71 Å². The Balaban J connectivity index is 1.18. The molecule has 4 heteroatoms. The molecule has 3 nitrogen and oxygen atoms in total. The Labute approximate surface area is 386 Å². The minimum atomic E-state index is -0.149. The van der Waals surface area contributed by atoms with Gasteiger partial charge in [-0.15, -0.1) is 0 Å². The van der Waals surface area contributed by atoms with Crippen molar-refractivity contribution in [3.05, 3.63) is 199 Å². The highest BCUT2D eigenvalue weighted by atomic mass is 15.3. The van der Waals surface area contributed by atoms with Gasteiger partial charge in [-0.05, 0) is 143 Å². The molecule has 12 rings (SSSR count). The van der Waals surface area contributed by atoms with Gasteiger partial charge in [0.2, 0.25) is 0 Å². The number of benzene rings is 8. The lowest BCUT2D eigenvalue weighted by atomic mass is 9.33. The Morgan fingerprint density at radius 3 is 1.78 bits per heavy atom. The van der Waals surface area contributed by atoms with Gasteiger partial charge in [-0.1, -0.05) is 162 Å². The smallest absolute Gasteiger partial charge is 0.252 e. The van der Waals surface area contributed by atoms with E-state index < -0.39 is 0 Å². The van der Waals surface area contributed by atoms with Crippen molar-refractivity contribution in [2.24, 2.45) is 0 Å². The SMILES string of the molecule is Cc1ccccc1-c1ccc2c(c1)C1(C)CCCCC1(C)N2c1cc2c3c(c1)N(c1ccc(C(C)(C)C)cc1-c1ccccc1)c1ccccc1B3c1ccccc1N2c1ccccc1. The maximum absolute atomic E-state index is 2.79. The van der Waals surface area contributed by atoms with E-state index in [0.717, 1.165) is 12.8 Å². The van der Waals surface area contributed by atoms with Gasteiger partial charge in [0.1, 0.15) is 0 Å². The Morgan fingerprint density at radius 1 is 0.477 bits per heavy atom. The molecular weight excluding hydrogens is 786 g/mol. The summed E-state index contributed by atoms with van der Waals surface area (Å²) in [6.45, 7) is 14.4. The molecule has 0 aromatic heterocycles. The van der Waals surface area contributed by atoms with E-state index in [1.54, 1.807) is 0 Å². The molecule has 1 aliphatic carbocycles. The number of aryl methyl sites for hydroxylation is 1. The summed E-state index contributed by atoms with van der Waals surface area (Å²) >= 11 is 0. The largest absolute Gasteiger partial charge is 0.334 e. The fourth-order valence-electron chi connectivity index (χ4n) is 12.4. The molecule has 2 atom stereocenters. The molecule has 8 aromatic carbocycles. The predicted octanol–water partition coefficient (Wildman–Crippen LogP) is 14.5. The lowest BCUT2D eigenvalue weighted by molar-refractivity contribution is 0.195. The highest BCUT2D eigenvalue weighted by Gasteiger charge is 2.58. The maximum Gasteiger partial charge on any atom is 0.252 e. The molecule has 0 amide bonds. The Morgan fingerprint density at radius 2 is 1.08 bits per heavy atom. The number of anilines is 8. The van der Waals surface area contributed by atoms with Crippen LogP contribution in [0.3, 0.4) is 0 Å². The number of hydrogen-bond acceptors (Lipinski definition) is 3. The number of para-hydroxylation sites is 3. The van der Waals surface area contributed by atoms with Crippen LogP contribution in [0.1, 0.15) is 77.0 Å². The molecule has 0 radical (unpaired) electrons. The van der Waals surface area contributed by atoms with Crippen molar-refractivity contribution in [2.75, 3.05) is 14.7 Å². The van der Waals surface area contributed by atoms with Crippen LogP contribution in [0.4, 0.5) is 45.5 Å². The van der Waals surface area contributed by atoms with Gasteiger partial charge in [0.05, 0.1) is 11.2 Å². The van der Waals surface area contributed by atoms with Crippen LogP contribution in [0.25, 0.3) is 22.3 Å². The zero-order valence-corrected chi connectivity index (χ0v) is 38.6. The van der Waals surface area contributed by atoms with Crippen LogP contribution in [-0.4, -0.2) is 12.3 Å². The Kier molecular flexibility index (Phi) is 8.95. The van der Waals surface area contributed by atoms with Gasteiger partial charge in [-0.3, -0.25) is 0 Å². The summed E-state index contributed by atoms with van der Waals surface area (Å²) in [4.78, 5) is 7.97. The molecular formula is C61H56BN3. The molecule has 318 valence electrons. The molecule has 65 heavy (non-hydrogen) atoms. The van der Waals surface area contributed by atoms with Gasteiger partial charge in [0.15, 0.2) is 0 Å². The highest BCUT2D eigenvalue weighted by Crippen LogP contribution is 2.62. The summed E-state index contributed by atoms with van der Waals surface area (Å²) < 4.78 is 0. The molecule has 1 fully saturated rings. The lowest BCUT2D eigenvalue weighted by Crippen LogP contribution is -2.61. The van der Waals surface area contributed by atoms with E-state index in [1.807, 2.05) is 0 Å². The number of nitrogens with zero attached hydrogens (tertiary/aromatic N) is 3. The lowest BCUT2D eigenvalue weighted by Gasteiger charge is -2.51. The number of hydrogen-bond donors (Lipinski definition) is 0. The zero-order chi connectivity index (χ0) is 44.2. The minimum Gasteiger partial charge on any atom is -0.334 e. The molecule has 1 saturated carbocycles. The van der Waals surface area contributed by atoms with Crippen molar-refractivity contribution in [1.82, 2.24) is 0 Å². The van der Waals surface area contributed by atoms with E-state index in [4.69, 9.17) is 0 Å². The standard InChI is InChI=1S/C61H56BN3/c1-41-21-13-14-26-47(41)43-31-33-53-49(37-43)60(5)35-19-20-36-61(60,6)65(53)46-39-56-58-57(40-46)64(52-34-32-44(59(2,3)4)38-48(52)42-22-9-7-10-23-42)55-30-18-16-28-51(55)62(58)50-27-15-17-29-54(50)63(56)45-24-11-8-12-25-45/h7-18,21-34,37-40H,19-20,35-36H2,1-6H3. The summed E-state index contributed by atoms with van der Waals surface area (Å²) in [7, 11) is 0. The van der Waals surface area contributed by atoms with Crippen LogP contribution in [0, 0.1) is 6.92 Å². The fourth-order valence-corrected chi connectivity index (χ4v) is 12.4. The normalized spacial score (nSPS) is 19.3. The van der Waals surface area contributed by atoms with Crippen LogP contribution in [0.15, 0.2) is 182 Å². The molecule has 8 aromatic rings. The zero-order valence-electron chi connectivity index (χ0n) is 38.6. The molecule has 2 unspecified atom stereocenters. The number of fused-ring (bicyclic) bond motifs is 7. The summed E-state index contributed by atoms with van der Waals surface area (Å²) in [5, 5.41) is 0. The van der Waals surface area contributed by atoms with Gasteiger partial charge in [-0.2, -0.15) is 0 Å². The Bertz CT molecular complexity index is 3170. The van der Waals surface area contributed by atoms with E-state index in [0.29, 0.717) is 0 Å². The van der Waals surface area contributed by atoms with E-state index >= 15 is 0 Å². The maximum atomic E-state index is 2.79. The van der Waals surface area contributed by atoms with Gasteiger partial charge in [0, 0.05) is 50.8 Å². The molecule has 0 N–H and O–H groups in total. The number of rotatable bonds is 5. The minimum absolute atomic E-state index is 0.0176. The van der Waals surface area contributed by atoms with E-state index in [2.05, 4.69) is 238 Å². The van der Waals surface area contributed by atoms with Crippen molar-refractivity contribution in [3.8, 4) is 22.3 Å². The first-order valence-electron chi connectivity index (χ1n) is 23.8. The summed E-state index contributed by atoms with van der Waals surface area (Å²) in [6, 6.07) is 69.1. The summed E-state index contributed by atoms with van der Waals surface area (Å²) in [6.07, 6.45) is 4.73. The van der Waals surface area contributed by atoms with Crippen molar-refractivity contribution >= 4 is 68.6 Å². The second kappa shape index (κ2) is 14.6.